The summed E-state index contributed by atoms with van der Waals surface area (Å²) in [5.74, 6) is 6.72. The molecule has 2 aromatic heterocycles. The molecule has 0 fully saturated rings. The molecule has 6 heteroatoms. The molecule has 0 bridgehead atoms. The van der Waals surface area contributed by atoms with Crippen LogP contribution in [-0.2, 0) is 13.0 Å². The lowest BCUT2D eigenvalue weighted by Crippen LogP contribution is -2.10. The zero-order valence-electron chi connectivity index (χ0n) is 10.7. The number of nitrogens with zero attached hydrogens (tertiary/aromatic N) is 4. The summed E-state index contributed by atoms with van der Waals surface area (Å²) in [5, 5.41) is 4.23. The monoisotopic (exact) mass is 246 g/mol. The normalized spacial score (nSPS) is 10.6. The molecule has 0 unspecified atom stereocenters. The maximum Gasteiger partial charge on any atom is 0.164 e. The molecule has 18 heavy (non-hydrogen) atoms. The fraction of sp³-hybridized carbons (Fsp3) is 0.417. The van der Waals surface area contributed by atoms with Gasteiger partial charge in [0.15, 0.2) is 5.82 Å². The molecular weight excluding hydrogens is 228 g/mol. The number of aryl methyl sites for hydroxylation is 2. The third-order valence-corrected chi connectivity index (χ3v) is 2.65. The van der Waals surface area contributed by atoms with Crippen LogP contribution in [0.15, 0.2) is 18.5 Å². The summed E-state index contributed by atoms with van der Waals surface area (Å²) in [7, 11) is 0. The predicted octanol–water partition coefficient (Wildman–Crippen LogP) is 1.60. The predicted molar refractivity (Wildman–Crippen MR) is 70.7 cm³/mol. The third-order valence-electron chi connectivity index (χ3n) is 2.65. The van der Waals surface area contributed by atoms with Crippen molar-refractivity contribution >= 4 is 5.82 Å². The van der Waals surface area contributed by atoms with Gasteiger partial charge in [-0.25, -0.2) is 15.8 Å². The van der Waals surface area contributed by atoms with E-state index in [1.165, 1.54) is 0 Å². The second-order valence-electron chi connectivity index (χ2n) is 4.05. The van der Waals surface area contributed by atoms with Gasteiger partial charge in [0.25, 0.3) is 0 Å². The molecule has 0 atom stereocenters. The van der Waals surface area contributed by atoms with Gasteiger partial charge >= 0.3 is 0 Å². The third kappa shape index (κ3) is 2.65. The Bertz CT molecular complexity index is 519. The van der Waals surface area contributed by atoms with Crippen LogP contribution in [-0.4, -0.2) is 19.7 Å². The van der Waals surface area contributed by atoms with Gasteiger partial charge < -0.3 is 5.43 Å². The average Bonchev–Trinajstić information content (AvgIpc) is 2.87. The first kappa shape index (κ1) is 12.5. The first-order valence-electron chi connectivity index (χ1n) is 6.14. The molecule has 0 aliphatic heterocycles. The standard InChI is InChI=1S/C12H18N6/c1-3-5-10-6-11(17-13)16-12(15-10)9-7-14-18(4-2)8-9/h6-8H,3-5,13H2,1-2H3,(H,15,16,17). The lowest BCUT2D eigenvalue weighted by atomic mass is 10.2. The Balaban J connectivity index is 2.39. The maximum atomic E-state index is 5.43. The Kier molecular flexibility index (Phi) is 3.88. The summed E-state index contributed by atoms with van der Waals surface area (Å²) in [5.41, 5.74) is 4.47. The van der Waals surface area contributed by atoms with E-state index in [2.05, 4.69) is 27.4 Å². The zero-order chi connectivity index (χ0) is 13.0. The van der Waals surface area contributed by atoms with Gasteiger partial charge in [-0.3, -0.25) is 4.68 Å². The highest BCUT2D eigenvalue weighted by molar-refractivity contribution is 5.55. The summed E-state index contributed by atoms with van der Waals surface area (Å²) in [6.45, 7) is 4.99. The van der Waals surface area contributed by atoms with Crippen LogP contribution in [0, 0.1) is 0 Å². The van der Waals surface area contributed by atoms with Crippen LogP contribution in [0.25, 0.3) is 11.4 Å². The van der Waals surface area contributed by atoms with E-state index in [4.69, 9.17) is 5.84 Å². The van der Waals surface area contributed by atoms with E-state index in [9.17, 15) is 0 Å². The van der Waals surface area contributed by atoms with Crippen LogP contribution in [0.5, 0.6) is 0 Å². The molecule has 0 aromatic carbocycles. The molecule has 2 aromatic rings. The van der Waals surface area contributed by atoms with Gasteiger partial charge in [-0.1, -0.05) is 13.3 Å². The van der Waals surface area contributed by atoms with E-state index < -0.39 is 0 Å². The van der Waals surface area contributed by atoms with Crippen LogP contribution in [0.1, 0.15) is 26.0 Å². The van der Waals surface area contributed by atoms with E-state index in [1.807, 2.05) is 23.9 Å². The highest BCUT2D eigenvalue weighted by atomic mass is 15.3. The highest BCUT2D eigenvalue weighted by Gasteiger charge is 2.08. The van der Waals surface area contributed by atoms with Crippen molar-refractivity contribution in [2.75, 3.05) is 5.43 Å². The summed E-state index contributed by atoms with van der Waals surface area (Å²) >= 11 is 0. The van der Waals surface area contributed by atoms with E-state index in [0.717, 1.165) is 30.6 Å². The van der Waals surface area contributed by atoms with Crippen molar-refractivity contribution in [3.05, 3.63) is 24.2 Å². The number of nitrogens with two attached hydrogens (primary N) is 1. The number of hydrogen-bond acceptors (Lipinski definition) is 5. The van der Waals surface area contributed by atoms with Crippen LogP contribution in [0.2, 0.25) is 0 Å². The van der Waals surface area contributed by atoms with Crippen molar-refractivity contribution in [2.24, 2.45) is 5.84 Å². The van der Waals surface area contributed by atoms with E-state index in [-0.39, 0.29) is 0 Å². The van der Waals surface area contributed by atoms with Gasteiger partial charge in [0.05, 0.1) is 11.8 Å². The molecule has 0 aliphatic carbocycles. The van der Waals surface area contributed by atoms with Gasteiger partial charge in [-0.2, -0.15) is 5.10 Å². The number of rotatable bonds is 5. The molecule has 3 N–H and O–H groups in total. The van der Waals surface area contributed by atoms with Gasteiger partial charge in [0, 0.05) is 24.5 Å². The molecule has 2 rings (SSSR count). The average molecular weight is 246 g/mol. The minimum absolute atomic E-state index is 0.632. The van der Waals surface area contributed by atoms with Crippen molar-refractivity contribution in [1.82, 2.24) is 19.7 Å². The molecule has 0 aliphatic rings. The Hall–Kier alpha value is -1.95. The van der Waals surface area contributed by atoms with Crippen molar-refractivity contribution in [1.29, 1.82) is 0 Å². The first-order valence-corrected chi connectivity index (χ1v) is 6.14. The lowest BCUT2D eigenvalue weighted by molar-refractivity contribution is 0.660. The van der Waals surface area contributed by atoms with Gasteiger partial charge in [0.2, 0.25) is 0 Å². The van der Waals surface area contributed by atoms with Crippen LogP contribution in [0.4, 0.5) is 5.82 Å². The van der Waals surface area contributed by atoms with E-state index >= 15 is 0 Å². The Morgan fingerprint density at radius 3 is 2.78 bits per heavy atom. The minimum Gasteiger partial charge on any atom is -0.308 e. The number of hydrogen-bond donors (Lipinski definition) is 2. The molecule has 0 saturated carbocycles. The highest BCUT2D eigenvalue weighted by Crippen LogP contribution is 2.17. The number of anilines is 1. The molecular formula is C12H18N6. The van der Waals surface area contributed by atoms with Crippen molar-refractivity contribution in [2.45, 2.75) is 33.2 Å². The lowest BCUT2D eigenvalue weighted by Gasteiger charge is -2.05. The summed E-state index contributed by atoms with van der Waals surface area (Å²) in [4.78, 5) is 8.88. The van der Waals surface area contributed by atoms with Gasteiger partial charge in [-0.05, 0) is 13.3 Å². The Morgan fingerprint density at radius 1 is 1.33 bits per heavy atom. The number of nitrogens with one attached hydrogen (secondary N) is 1. The second-order valence-corrected chi connectivity index (χ2v) is 4.05. The van der Waals surface area contributed by atoms with Gasteiger partial charge in [0.1, 0.15) is 5.82 Å². The topological polar surface area (TPSA) is 81.6 Å². The Labute approximate surface area is 106 Å². The molecule has 6 nitrogen and oxygen atoms in total. The number of aromatic nitrogens is 4. The maximum absolute atomic E-state index is 5.43. The summed E-state index contributed by atoms with van der Waals surface area (Å²) in [6.07, 6.45) is 5.65. The molecule has 0 radical (unpaired) electrons. The smallest absolute Gasteiger partial charge is 0.164 e. The summed E-state index contributed by atoms with van der Waals surface area (Å²) in [6, 6.07) is 1.87. The van der Waals surface area contributed by atoms with E-state index in [1.54, 1.807) is 6.20 Å². The summed E-state index contributed by atoms with van der Waals surface area (Å²) < 4.78 is 1.85. The fourth-order valence-corrected chi connectivity index (χ4v) is 1.74. The van der Waals surface area contributed by atoms with Crippen LogP contribution in [0.3, 0.4) is 0 Å². The molecule has 0 saturated heterocycles. The van der Waals surface area contributed by atoms with Gasteiger partial charge in [-0.15, -0.1) is 0 Å². The van der Waals surface area contributed by atoms with Crippen molar-refractivity contribution in [3.8, 4) is 11.4 Å². The molecule has 96 valence electrons. The quantitative estimate of drug-likeness (QED) is 0.618. The number of nitrogen functional groups attached to an aromatic ring is 1. The molecule has 0 spiro atoms. The van der Waals surface area contributed by atoms with Crippen molar-refractivity contribution < 1.29 is 0 Å². The number of hydrazine groups is 1. The van der Waals surface area contributed by atoms with Crippen molar-refractivity contribution in [3.63, 3.8) is 0 Å². The fourth-order valence-electron chi connectivity index (χ4n) is 1.74. The Morgan fingerprint density at radius 2 is 2.17 bits per heavy atom. The first-order chi connectivity index (χ1) is 8.76. The molecule has 2 heterocycles. The second kappa shape index (κ2) is 5.59. The van der Waals surface area contributed by atoms with Crippen LogP contribution < -0.4 is 11.3 Å². The SMILES string of the molecule is CCCc1cc(NN)nc(-c2cnn(CC)c2)n1. The molecule has 0 amide bonds. The van der Waals surface area contributed by atoms with E-state index in [0.29, 0.717) is 11.6 Å². The minimum atomic E-state index is 0.632. The largest absolute Gasteiger partial charge is 0.308 e. The zero-order valence-corrected chi connectivity index (χ0v) is 10.7. The van der Waals surface area contributed by atoms with Crippen LogP contribution >= 0.6 is 0 Å².